The standard InChI is InChI=1S/C32H31N3O6/c1-18-7-3-5-9-23(18)33-31(36)40-27-13-20-11-12-35-16-21-14-25-26(39-17-38-25)15-22(21)28(29(20)35)30(27)41-32(37)34-24-10-6-4-8-19(24)2/h3-10,13-15,27-30H,11-12,16-17H2,1-2H3,(H,33,36)(H,34,37)/t27-,28-,29+,30+/m0/s1. The lowest BCUT2D eigenvalue weighted by Gasteiger charge is -2.46. The number of nitrogens with zero attached hydrogens (tertiary/aromatic N) is 1. The van der Waals surface area contributed by atoms with E-state index in [1.54, 1.807) is 0 Å². The van der Waals surface area contributed by atoms with E-state index in [1.807, 2.05) is 80.6 Å². The maximum atomic E-state index is 13.4. The van der Waals surface area contributed by atoms with E-state index in [1.165, 1.54) is 5.57 Å². The summed E-state index contributed by atoms with van der Waals surface area (Å²) >= 11 is 0. The molecule has 1 saturated heterocycles. The first-order valence-electron chi connectivity index (χ1n) is 13.9. The molecule has 1 fully saturated rings. The van der Waals surface area contributed by atoms with Crippen molar-refractivity contribution in [2.75, 3.05) is 24.0 Å². The minimum Gasteiger partial charge on any atom is -0.454 e. The zero-order valence-corrected chi connectivity index (χ0v) is 22.9. The van der Waals surface area contributed by atoms with Crippen LogP contribution < -0.4 is 20.1 Å². The number of amides is 2. The number of para-hydroxylation sites is 2. The van der Waals surface area contributed by atoms with E-state index in [0.717, 1.165) is 41.8 Å². The Hall–Kier alpha value is -4.50. The molecule has 210 valence electrons. The van der Waals surface area contributed by atoms with Crippen molar-refractivity contribution in [3.8, 4) is 11.5 Å². The van der Waals surface area contributed by atoms with Gasteiger partial charge in [0.1, 0.15) is 0 Å². The summed E-state index contributed by atoms with van der Waals surface area (Å²) < 4.78 is 23.6. The van der Waals surface area contributed by atoms with Crippen molar-refractivity contribution < 1.29 is 28.5 Å². The first kappa shape index (κ1) is 25.5. The molecular formula is C32H31N3O6. The summed E-state index contributed by atoms with van der Waals surface area (Å²) in [7, 11) is 0. The first-order valence-corrected chi connectivity index (χ1v) is 13.9. The van der Waals surface area contributed by atoms with E-state index in [0.29, 0.717) is 22.9 Å². The second-order valence-electron chi connectivity index (χ2n) is 11.0. The van der Waals surface area contributed by atoms with Gasteiger partial charge in [0.05, 0.1) is 0 Å². The SMILES string of the molecule is Cc1ccccc1NC(=O)O[C@H]1[C@H]2c3cc4c(cc3CN3CCC(=C[C@@H]1OC(=O)Nc1ccccc1C)[C@H]23)OCO4. The highest BCUT2D eigenvalue weighted by Crippen LogP contribution is 2.51. The smallest absolute Gasteiger partial charge is 0.412 e. The third-order valence-corrected chi connectivity index (χ3v) is 8.47. The predicted octanol–water partition coefficient (Wildman–Crippen LogP) is 5.88. The summed E-state index contributed by atoms with van der Waals surface area (Å²) in [5, 5.41) is 5.74. The number of hydrogen-bond acceptors (Lipinski definition) is 7. The van der Waals surface area contributed by atoms with Gasteiger partial charge in [-0.25, -0.2) is 9.59 Å². The minimum atomic E-state index is -0.797. The Morgan fingerprint density at radius 3 is 2.20 bits per heavy atom. The van der Waals surface area contributed by atoms with Gasteiger partial charge in [0.2, 0.25) is 6.79 Å². The lowest BCUT2D eigenvalue weighted by Crippen LogP contribution is -2.53. The molecule has 0 bridgehead atoms. The van der Waals surface area contributed by atoms with Crippen LogP contribution in [0.4, 0.5) is 21.0 Å². The molecule has 0 unspecified atom stereocenters. The van der Waals surface area contributed by atoms with Crippen molar-refractivity contribution in [3.05, 3.63) is 94.6 Å². The van der Waals surface area contributed by atoms with Crippen LogP contribution in [0.3, 0.4) is 0 Å². The van der Waals surface area contributed by atoms with Crippen LogP contribution in [-0.4, -0.2) is 48.7 Å². The molecule has 0 aromatic heterocycles. The second-order valence-corrected chi connectivity index (χ2v) is 11.0. The lowest BCUT2D eigenvalue weighted by molar-refractivity contribution is -0.0156. The average Bonchev–Trinajstić information content (AvgIpc) is 3.58. The molecule has 4 aliphatic rings. The maximum absolute atomic E-state index is 13.4. The fourth-order valence-corrected chi connectivity index (χ4v) is 6.51. The summed E-state index contributed by atoms with van der Waals surface area (Å²) in [6.45, 7) is 5.63. The van der Waals surface area contributed by atoms with Gasteiger partial charge in [0, 0.05) is 36.4 Å². The molecule has 7 rings (SSSR count). The number of nitrogens with one attached hydrogen (secondary N) is 2. The van der Waals surface area contributed by atoms with Gasteiger partial charge < -0.3 is 18.9 Å². The monoisotopic (exact) mass is 553 g/mol. The Morgan fingerprint density at radius 2 is 1.51 bits per heavy atom. The molecule has 0 saturated carbocycles. The van der Waals surface area contributed by atoms with Crippen molar-refractivity contribution in [3.63, 3.8) is 0 Å². The molecule has 3 aromatic rings. The number of carbonyl (C=O) groups is 2. The van der Waals surface area contributed by atoms with E-state index in [-0.39, 0.29) is 18.8 Å². The Balaban J connectivity index is 1.24. The van der Waals surface area contributed by atoms with Crippen molar-refractivity contribution in [1.29, 1.82) is 0 Å². The Bertz CT molecular complexity index is 1570. The molecule has 0 radical (unpaired) electrons. The number of fused-ring (bicyclic) bond motifs is 3. The van der Waals surface area contributed by atoms with Gasteiger partial charge >= 0.3 is 12.2 Å². The number of rotatable bonds is 4. The molecule has 3 aromatic carbocycles. The van der Waals surface area contributed by atoms with Crippen LogP contribution in [-0.2, 0) is 16.0 Å². The summed E-state index contributed by atoms with van der Waals surface area (Å²) in [5.74, 6) is 1.12. The van der Waals surface area contributed by atoms with Crippen LogP contribution in [0, 0.1) is 13.8 Å². The Kier molecular flexibility index (Phi) is 6.31. The number of hydrogen-bond donors (Lipinski definition) is 2. The number of ether oxygens (including phenoxy) is 4. The minimum absolute atomic E-state index is 0.0263. The molecule has 3 aliphatic heterocycles. The largest absolute Gasteiger partial charge is 0.454 e. The van der Waals surface area contributed by atoms with Gasteiger partial charge in [-0.15, -0.1) is 0 Å². The Labute approximate surface area is 238 Å². The molecule has 4 atom stereocenters. The van der Waals surface area contributed by atoms with E-state index >= 15 is 0 Å². The van der Waals surface area contributed by atoms with Gasteiger partial charge in [-0.05, 0) is 72.9 Å². The zero-order valence-electron chi connectivity index (χ0n) is 22.9. The number of aryl methyl sites for hydroxylation is 2. The predicted molar refractivity (Wildman–Crippen MR) is 152 cm³/mol. The average molecular weight is 554 g/mol. The van der Waals surface area contributed by atoms with Crippen molar-refractivity contribution in [1.82, 2.24) is 4.90 Å². The molecule has 2 amide bonds. The second kappa shape index (κ2) is 10.2. The van der Waals surface area contributed by atoms with Gasteiger partial charge in [-0.1, -0.05) is 42.0 Å². The van der Waals surface area contributed by atoms with Gasteiger partial charge in [0.15, 0.2) is 23.7 Å². The molecule has 41 heavy (non-hydrogen) atoms. The highest BCUT2D eigenvalue weighted by molar-refractivity contribution is 5.87. The molecule has 3 heterocycles. The lowest BCUT2D eigenvalue weighted by atomic mass is 9.73. The fraction of sp³-hybridized carbons (Fsp3) is 0.312. The van der Waals surface area contributed by atoms with Crippen molar-refractivity contribution in [2.45, 2.75) is 51.0 Å². The number of anilines is 2. The van der Waals surface area contributed by atoms with Crippen LogP contribution in [0.1, 0.15) is 34.6 Å². The van der Waals surface area contributed by atoms with Gasteiger partial charge in [-0.3, -0.25) is 15.5 Å². The van der Waals surface area contributed by atoms with Crippen molar-refractivity contribution >= 4 is 23.6 Å². The third kappa shape index (κ3) is 4.66. The summed E-state index contributed by atoms with van der Waals surface area (Å²) in [4.78, 5) is 29.0. The van der Waals surface area contributed by atoms with E-state index in [9.17, 15) is 9.59 Å². The molecule has 2 N–H and O–H groups in total. The highest BCUT2D eigenvalue weighted by Gasteiger charge is 2.52. The molecular weight excluding hydrogens is 522 g/mol. The number of benzene rings is 3. The third-order valence-electron chi connectivity index (χ3n) is 8.47. The van der Waals surface area contributed by atoms with Crippen LogP contribution >= 0.6 is 0 Å². The summed E-state index contributed by atoms with van der Waals surface area (Å²) in [5.41, 5.74) is 6.45. The van der Waals surface area contributed by atoms with E-state index in [4.69, 9.17) is 18.9 Å². The molecule has 0 spiro atoms. The first-order chi connectivity index (χ1) is 19.9. The van der Waals surface area contributed by atoms with Gasteiger partial charge in [-0.2, -0.15) is 0 Å². The maximum Gasteiger partial charge on any atom is 0.412 e. The van der Waals surface area contributed by atoms with E-state index in [2.05, 4.69) is 15.5 Å². The van der Waals surface area contributed by atoms with Crippen LogP contribution in [0.5, 0.6) is 11.5 Å². The molecule has 9 heteroatoms. The number of carbonyl (C=O) groups excluding carboxylic acids is 2. The van der Waals surface area contributed by atoms with Crippen LogP contribution in [0.15, 0.2) is 72.3 Å². The van der Waals surface area contributed by atoms with Crippen molar-refractivity contribution in [2.24, 2.45) is 0 Å². The van der Waals surface area contributed by atoms with E-state index < -0.39 is 24.4 Å². The van der Waals surface area contributed by atoms with Gasteiger partial charge in [0.25, 0.3) is 0 Å². The quantitative estimate of drug-likeness (QED) is 0.390. The summed E-state index contributed by atoms with van der Waals surface area (Å²) in [6, 6.07) is 19.1. The normalized spacial score (nSPS) is 23.6. The van der Waals surface area contributed by atoms with Crippen LogP contribution in [0.2, 0.25) is 0 Å². The summed E-state index contributed by atoms with van der Waals surface area (Å²) in [6.07, 6.45) is 0.0335. The molecule has 9 nitrogen and oxygen atoms in total. The fourth-order valence-electron chi connectivity index (χ4n) is 6.51. The Morgan fingerprint density at radius 1 is 0.878 bits per heavy atom. The highest BCUT2D eigenvalue weighted by atomic mass is 16.7. The molecule has 1 aliphatic carbocycles. The topological polar surface area (TPSA) is 98.4 Å². The zero-order chi connectivity index (χ0) is 28.1. The van der Waals surface area contributed by atoms with Crippen LogP contribution in [0.25, 0.3) is 0 Å².